The fourth-order valence-corrected chi connectivity index (χ4v) is 5.67. The van der Waals surface area contributed by atoms with E-state index in [2.05, 4.69) is 93.3 Å². The van der Waals surface area contributed by atoms with Crippen molar-refractivity contribution >= 4 is 10.8 Å². The molecular formula is C32H28N4. The molecule has 0 saturated carbocycles. The van der Waals surface area contributed by atoms with Crippen LogP contribution in [0.5, 0.6) is 0 Å². The Hall–Kier alpha value is -4.20. The van der Waals surface area contributed by atoms with Gasteiger partial charge in [-0.15, -0.1) is 0 Å². The zero-order valence-electron chi connectivity index (χ0n) is 20.2. The Morgan fingerprint density at radius 1 is 0.778 bits per heavy atom. The van der Waals surface area contributed by atoms with Gasteiger partial charge >= 0.3 is 0 Å². The van der Waals surface area contributed by atoms with Gasteiger partial charge < -0.3 is 4.57 Å². The molecule has 36 heavy (non-hydrogen) atoms. The van der Waals surface area contributed by atoms with Gasteiger partial charge in [0.25, 0.3) is 0 Å². The molecule has 4 nitrogen and oxygen atoms in total. The minimum Gasteiger partial charge on any atom is -0.329 e. The number of hydrogen-bond acceptors (Lipinski definition) is 3. The normalized spacial score (nSPS) is 17.9. The quantitative estimate of drug-likeness (QED) is 0.292. The lowest BCUT2D eigenvalue weighted by Gasteiger charge is -2.21. The van der Waals surface area contributed by atoms with Gasteiger partial charge in [-0.3, -0.25) is 4.90 Å². The molecule has 2 heterocycles. The second kappa shape index (κ2) is 9.81. The molecule has 2 atom stereocenters. The van der Waals surface area contributed by atoms with E-state index in [-0.39, 0.29) is 0 Å². The first kappa shape index (κ1) is 22.3. The number of benzene rings is 4. The lowest BCUT2D eigenvalue weighted by Crippen LogP contribution is -2.22. The smallest absolute Gasteiger partial charge is 0.0991 e. The number of imidazole rings is 1. The highest BCUT2D eigenvalue weighted by atomic mass is 15.2. The first-order valence-corrected chi connectivity index (χ1v) is 12.5. The number of fused-ring (bicyclic) bond motifs is 1. The van der Waals surface area contributed by atoms with Crippen LogP contribution in [0.3, 0.4) is 0 Å². The van der Waals surface area contributed by atoms with E-state index >= 15 is 0 Å². The molecule has 176 valence electrons. The largest absolute Gasteiger partial charge is 0.329 e. The van der Waals surface area contributed by atoms with E-state index in [1.54, 1.807) is 0 Å². The first-order chi connectivity index (χ1) is 17.8. The van der Waals surface area contributed by atoms with Gasteiger partial charge in [-0.25, -0.2) is 4.98 Å². The minimum absolute atomic E-state index is 0.424. The second-order valence-electron chi connectivity index (χ2n) is 9.71. The third-order valence-electron chi connectivity index (χ3n) is 7.47. The van der Waals surface area contributed by atoms with Gasteiger partial charge in [0, 0.05) is 44.2 Å². The van der Waals surface area contributed by atoms with E-state index in [9.17, 15) is 0 Å². The number of likely N-dealkylation sites (tertiary alicyclic amines) is 1. The van der Waals surface area contributed by atoms with Crippen LogP contribution in [0.25, 0.3) is 10.8 Å². The van der Waals surface area contributed by atoms with Crippen molar-refractivity contribution in [1.82, 2.24) is 14.5 Å². The molecule has 6 rings (SSSR count). The number of nitrogens with zero attached hydrogens (tertiary/aromatic N) is 4. The maximum atomic E-state index is 9.08. The van der Waals surface area contributed by atoms with Crippen molar-refractivity contribution in [3.05, 3.63) is 138 Å². The third kappa shape index (κ3) is 4.42. The summed E-state index contributed by atoms with van der Waals surface area (Å²) in [7, 11) is 0. The van der Waals surface area contributed by atoms with Crippen molar-refractivity contribution in [1.29, 1.82) is 5.26 Å². The average Bonchev–Trinajstić information content (AvgIpc) is 3.56. The number of hydrogen-bond donors (Lipinski definition) is 0. The SMILES string of the molecule is N#Cc1ccc(Cn2cncc2CN2C[C@@H](c3ccccc3)[C@H](c3cccc4ccccc34)C2)cc1. The monoisotopic (exact) mass is 468 g/mol. The predicted molar refractivity (Wildman–Crippen MR) is 144 cm³/mol. The van der Waals surface area contributed by atoms with Crippen molar-refractivity contribution in [2.24, 2.45) is 0 Å². The van der Waals surface area contributed by atoms with Gasteiger partial charge in [0.2, 0.25) is 0 Å². The molecule has 0 radical (unpaired) electrons. The molecule has 0 N–H and O–H groups in total. The minimum atomic E-state index is 0.424. The summed E-state index contributed by atoms with van der Waals surface area (Å²) < 4.78 is 2.23. The summed E-state index contributed by atoms with van der Waals surface area (Å²) in [4.78, 5) is 7.05. The Morgan fingerprint density at radius 3 is 2.36 bits per heavy atom. The fourth-order valence-electron chi connectivity index (χ4n) is 5.67. The molecule has 1 aliphatic heterocycles. The topological polar surface area (TPSA) is 44.9 Å². The van der Waals surface area contributed by atoms with E-state index in [0.717, 1.165) is 26.2 Å². The molecule has 1 aliphatic rings. The summed E-state index contributed by atoms with van der Waals surface area (Å²) in [6.45, 7) is 3.64. The first-order valence-electron chi connectivity index (χ1n) is 12.5. The summed E-state index contributed by atoms with van der Waals surface area (Å²) in [5, 5.41) is 11.7. The van der Waals surface area contributed by atoms with Gasteiger partial charge in [0.15, 0.2) is 0 Å². The van der Waals surface area contributed by atoms with Crippen LogP contribution in [0.4, 0.5) is 0 Å². The van der Waals surface area contributed by atoms with Crippen molar-refractivity contribution in [3.8, 4) is 6.07 Å². The summed E-state index contributed by atoms with van der Waals surface area (Å²) >= 11 is 0. The van der Waals surface area contributed by atoms with Crippen molar-refractivity contribution < 1.29 is 0 Å². The average molecular weight is 469 g/mol. The van der Waals surface area contributed by atoms with E-state index in [0.29, 0.717) is 17.4 Å². The number of aromatic nitrogens is 2. The van der Waals surface area contributed by atoms with E-state index in [1.807, 2.05) is 36.8 Å². The summed E-state index contributed by atoms with van der Waals surface area (Å²) in [6.07, 6.45) is 3.91. The van der Waals surface area contributed by atoms with Gasteiger partial charge in [-0.1, -0.05) is 84.9 Å². The molecule has 0 amide bonds. The number of nitriles is 1. The second-order valence-corrected chi connectivity index (χ2v) is 9.71. The van der Waals surface area contributed by atoms with Crippen LogP contribution in [0.2, 0.25) is 0 Å². The van der Waals surface area contributed by atoms with Crippen LogP contribution in [-0.4, -0.2) is 27.5 Å². The highest BCUT2D eigenvalue weighted by Gasteiger charge is 2.35. The predicted octanol–water partition coefficient (Wildman–Crippen LogP) is 6.34. The van der Waals surface area contributed by atoms with Crippen LogP contribution in [0, 0.1) is 11.3 Å². The van der Waals surface area contributed by atoms with Gasteiger partial charge in [0.1, 0.15) is 0 Å². The van der Waals surface area contributed by atoms with E-state index < -0.39 is 0 Å². The molecule has 0 spiro atoms. The Bertz CT molecular complexity index is 1510. The molecule has 0 bridgehead atoms. The zero-order valence-corrected chi connectivity index (χ0v) is 20.2. The maximum Gasteiger partial charge on any atom is 0.0991 e. The van der Waals surface area contributed by atoms with E-state index in [1.165, 1.54) is 33.2 Å². The lowest BCUT2D eigenvalue weighted by molar-refractivity contribution is 0.315. The Kier molecular flexibility index (Phi) is 6.07. The Morgan fingerprint density at radius 2 is 1.53 bits per heavy atom. The van der Waals surface area contributed by atoms with Crippen LogP contribution in [0.1, 0.15) is 39.8 Å². The fraction of sp³-hybridized carbons (Fsp3) is 0.188. The molecular weight excluding hydrogens is 440 g/mol. The molecule has 4 aromatic carbocycles. The van der Waals surface area contributed by atoms with Crippen LogP contribution in [-0.2, 0) is 13.1 Å². The Balaban J connectivity index is 1.28. The van der Waals surface area contributed by atoms with Crippen molar-refractivity contribution in [2.75, 3.05) is 13.1 Å². The van der Waals surface area contributed by atoms with Crippen LogP contribution < -0.4 is 0 Å². The zero-order chi connectivity index (χ0) is 24.3. The highest BCUT2D eigenvalue weighted by Crippen LogP contribution is 2.42. The van der Waals surface area contributed by atoms with Crippen LogP contribution >= 0.6 is 0 Å². The lowest BCUT2D eigenvalue weighted by atomic mass is 9.82. The molecule has 0 unspecified atom stereocenters. The molecule has 5 aromatic rings. The standard InChI is InChI=1S/C32H28N4/c33-17-24-13-15-25(16-14-24)19-36-23-34-18-28(36)20-35-21-31(27-7-2-1-3-8-27)32(22-35)30-12-6-10-26-9-4-5-11-29(26)30/h1-16,18,23,31-32H,19-22H2/t31-,32-/m0/s1. The van der Waals surface area contributed by atoms with E-state index in [4.69, 9.17) is 5.26 Å². The van der Waals surface area contributed by atoms with Gasteiger partial charge in [-0.2, -0.15) is 5.26 Å². The van der Waals surface area contributed by atoms with Crippen molar-refractivity contribution in [3.63, 3.8) is 0 Å². The Labute approximate surface area is 212 Å². The summed E-state index contributed by atoms with van der Waals surface area (Å²) in [5.41, 5.74) is 5.92. The highest BCUT2D eigenvalue weighted by molar-refractivity contribution is 5.86. The molecule has 1 saturated heterocycles. The number of rotatable bonds is 6. The van der Waals surface area contributed by atoms with Gasteiger partial charge in [-0.05, 0) is 39.6 Å². The third-order valence-corrected chi connectivity index (χ3v) is 7.47. The molecule has 0 aliphatic carbocycles. The molecule has 1 fully saturated rings. The maximum absolute atomic E-state index is 9.08. The molecule has 4 heteroatoms. The van der Waals surface area contributed by atoms with Gasteiger partial charge in [0.05, 0.1) is 23.7 Å². The van der Waals surface area contributed by atoms with Crippen molar-refractivity contribution in [2.45, 2.75) is 24.9 Å². The molecule has 1 aromatic heterocycles. The summed E-state index contributed by atoms with van der Waals surface area (Å²) in [6, 6.07) is 36.5. The van der Waals surface area contributed by atoms with Crippen LogP contribution in [0.15, 0.2) is 110 Å². The summed E-state index contributed by atoms with van der Waals surface area (Å²) in [5.74, 6) is 0.861.